The highest BCUT2D eigenvalue weighted by atomic mass is 16.3. The summed E-state index contributed by atoms with van der Waals surface area (Å²) in [5, 5.41) is 6.30. The van der Waals surface area contributed by atoms with Gasteiger partial charge in [-0.25, -0.2) is 0 Å². The van der Waals surface area contributed by atoms with Gasteiger partial charge in [-0.1, -0.05) is 24.3 Å². The molecule has 0 aliphatic heterocycles. The highest BCUT2D eigenvalue weighted by Crippen LogP contribution is 2.30. The zero-order valence-corrected chi connectivity index (χ0v) is 13.9. The van der Waals surface area contributed by atoms with E-state index < -0.39 is 0 Å². The summed E-state index contributed by atoms with van der Waals surface area (Å²) in [6, 6.07) is 15.4. The summed E-state index contributed by atoms with van der Waals surface area (Å²) in [6.07, 6.45) is 0. The first-order chi connectivity index (χ1) is 11.5. The lowest BCUT2D eigenvalue weighted by molar-refractivity contribution is 0.547. The van der Waals surface area contributed by atoms with E-state index in [2.05, 4.69) is 13.8 Å². The highest BCUT2D eigenvalue weighted by molar-refractivity contribution is 5.93. The Morgan fingerprint density at radius 3 is 2.62 bits per heavy atom. The largest absolute Gasteiger partial charge is 0.454 e. The van der Waals surface area contributed by atoms with E-state index in [9.17, 15) is 4.79 Å². The van der Waals surface area contributed by atoms with Crippen molar-refractivity contribution in [2.24, 2.45) is 0 Å². The third kappa shape index (κ3) is 2.22. The van der Waals surface area contributed by atoms with Gasteiger partial charge in [0.25, 0.3) is 0 Å². The zero-order chi connectivity index (χ0) is 16.8. The molecule has 0 bridgehead atoms. The van der Waals surface area contributed by atoms with Crippen molar-refractivity contribution in [1.29, 1.82) is 0 Å². The third-order valence-corrected chi connectivity index (χ3v) is 4.22. The molecular weight excluding hydrogens is 300 g/mol. The SMILES string of the molecule is Cc1ccc2c(=O)cc(-c3nn(C(C)C)c4ccccc34)oc2c1. The van der Waals surface area contributed by atoms with Crippen molar-refractivity contribution < 1.29 is 4.42 Å². The van der Waals surface area contributed by atoms with Gasteiger partial charge in [-0.2, -0.15) is 5.10 Å². The van der Waals surface area contributed by atoms with Crippen molar-refractivity contribution in [2.45, 2.75) is 26.8 Å². The first-order valence-corrected chi connectivity index (χ1v) is 8.07. The van der Waals surface area contributed by atoms with Gasteiger partial charge in [0.05, 0.1) is 10.9 Å². The van der Waals surface area contributed by atoms with Gasteiger partial charge in [-0.15, -0.1) is 0 Å². The Kier molecular flexibility index (Phi) is 3.27. The Balaban J connectivity index is 2.05. The molecule has 24 heavy (non-hydrogen) atoms. The second-order valence-corrected chi connectivity index (χ2v) is 6.38. The Morgan fingerprint density at radius 1 is 1.04 bits per heavy atom. The van der Waals surface area contributed by atoms with Crippen LogP contribution in [0.3, 0.4) is 0 Å². The molecule has 0 aliphatic carbocycles. The van der Waals surface area contributed by atoms with Crippen LogP contribution in [0, 0.1) is 6.92 Å². The maximum absolute atomic E-state index is 12.5. The zero-order valence-electron chi connectivity index (χ0n) is 13.9. The van der Waals surface area contributed by atoms with Gasteiger partial charge in [0, 0.05) is 17.5 Å². The van der Waals surface area contributed by atoms with Gasteiger partial charge in [-0.05, 0) is 44.5 Å². The minimum Gasteiger partial charge on any atom is -0.454 e. The normalized spacial score (nSPS) is 11.7. The number of nitrogens with zero attached hydrogens (tertiary/aromatic N) is 2. The van der Waals surface area contributed by atoms with Gasteiger partial charge < -0.3 is 4.42 Å². The average molecular weight is 318 g/mol. The van der Waals surface area contributed by atoms with Crippen LogP contribution >= 0.6 is 0 Å². The van der Waals surface area contributed by atoms with E-state index in [0.717, 1.165) is 16.5 Å². The van der Waals surface area contributed by atoms with Gasteiger partial charge in [-0.3, -0.25) is 9.48 Å². The molecule has 2 heterocycles. The van der Waals surface area contributed by atoms with E-state index in [-0.39, 0.29) is 11.5 Å². The predicted octanol–water partition coefficient (Wildman–Crippen LogP) is 4.70. The van der Waals surface area contributed by atoms with Crippen molar-refractivity contribution in [3.63, 3.8) is 0 Å². The monoisotopic (exact) mass is 318 g/mol. The minimum absolute atomic E-state index is 0.0468. The molecule has 120 valence electrons. The number of hydrogen-bond donors (Lipinski definition) is 0. The number of para-hydroxylation sites is 1. The topological polar surface area (TPSA) is 48.0 Å². The first-order valence-electron chi connectivity index (χ1n) is 8.07. The Labute approximate surface area is 139 Å². The van der Waals surface area contributed by atoms with Crippen molar-refractivity contribution in [1.82, 2.24) is 9.78 Å². The van der Waals surface area contributed by atoms with E-state index in [1.54, 1.807) is 0 Å². The molecule has 0 fully saturated rings. The fourth-order valence-electron chi connectivity index (χ4n) is 3.04. The molecule has 4 rings (SSSR count). The molecular formula is C20H18N2O2. The molecule has 0 radical (unpaired) electrons. The molecule has 0 N–H and O–H groups in total. The molecule has 4 nitrogen and oxygen atoms in total. The van der Waals surface area contributed by atoms with E-state index in [4.69, 9.17) is 9.52 Å². The smallest absolute Gasteiger partial charge is 0.193 e. The second kappa shape index (κ2) is 5.34. The van der Waals surface area contributed by atoms with Crippen LogP contribution in [-0.2, 0) is 0 Å². The maximum Gasteiger partial charge on any atom is 0.193 e. The molecule has 0 atom stereocenters. The van der Waals surface area contributed by atoms with E-state index in [0.29, 0.717) is 22.4 Å². The van der Waals surface area contributed by atoms with E-state index in [1.165, 1.54) is 6.07 Å². The molecule has 0 saturated carbocycles. The summed E-state index contributed by atoms with van der Waals surface area (Å²) >= 11 is 0. The van der Waals surface area contributed by atoms with Gasteiger partial charge >= 0.3 is 0 Å². The van der Waals surface area contributed by atoms with Crippen LogP contribution in [0.2, 0.25) is 0 Å². The quantitative estimate of drug-likeness (QED) is 0.538. The minimum atomic E-state index is -0.0468. The second-order valence-electron chi connectivity index (χ2n) is 6.38. The van der Waals surface area contributed by atoms with Crippen molar-refractivity contribution in [3.05, 3.63) is 64.3 Å². The van der Waals surface area contributed by atoms with Crippen molar-refractivity contribution >= 4 is 21.9 Å². The van der Waals surface area contributed by atoms with E-state index in [1.807, 2.05) is 54.1 Å². The molecule has 0 aliphatic rings. The third-order valence-electron chi connectivity index (χ3n) is 4.22. The summed E-state index contributed by atoms with van der Waals surface area (Å²) in [6.45, 7) is 6.15. The fourth-order valence-corrected chi connectivity index (χ4v) is 3.04. The van der Waals surface area contributed by atoms with Crippen LogP contribution < -0.4 is 5.43 Å². The lowest BCUT2D eigenvalue weighted by Crippen LogP contribution is -2.03. The predicted molar refractivity (Wildman–Crippen MR) is 96.3 cm³/mol. The molecule has 4 heteroatoms. The number of aryl methyl sites for hydroxylation is 1. The maximum atomic E-state index is 12.5. The average Bonchev–Trinajstić information content (AvgIpc) is 2.94. The highest BCUT2D eigenvalue weighted by Gasteiger charge is 2.17. The summed E-state index contributed by atoms with van der Waals surface area (Å²) in [4.78, 5) is 12.5. The standard InChI is InChI=1S/C20H18N2O2/c1-12(2)22-16-7-5-4-6-14(16)20(21-22)19-11-17(23)15-9-8-13(3)10-18(15)24-19/h4-12H,1-3H3. The number of aromatic nitrogens is 2. The van der Waals surface area contributed by atoms with Crippen molar-refractivity contribution in [2.75, 3.05) is 0 Å². The lowest BCUT2D eigenvalue weighted by Gasteiger charge is -2.06. The Bertz CT molecular complexity index is 1120. The molecule has 2 aromatic heterocycles. The Morgan fingerprint density at radius 2 is 1.83 bits per heavy atom. The molecule has 0 spiro atoms. The summed E-state index contributed by atoms with van der Waals surface area (Å²) in [5.74, 6) is 0.508. The van der Waals surface area contributed by atoms with Crippen LogP contribution in [0.1, 0.15) is 25.5 Å². The van der Waals surface area contributed by atoms with Crippen molar-refractivity contribution in [3.8, 4) is 11.5 Å². The Hall–Kier alpha value is -2.88. The number of fused-ring (bicyclic) bond motifs is 2. The van der Waals surface area contributed by atoms with Gasteiger partial charge in [0.2, 0.25) is 0 Å². The summed E-state index contributed by atoms with van der Waals surface area (Å²) in [7, 11) is 0. The lowest BCUT2D eigenvalue weighted by atomic mass is 10.1. The first kappa shape index (κ1) is 14.7. The molecule has 2 aromatic carbocycles. The molecule has 0 saturated heterocycles. The van der Waals surface area contributed by atoms with Crippen LogP contribution in [-0.4, -0.2) is 9.78 Å². The summed E-state index contributed by atoms with van der Waals surface area (Å²) < 4.78 is 8.00. The molecule has 4 aromatic rings. The van der Waals surface area contributed by atoms with E-state index >= 15 is 0 Å². The summed E-state index contributed by atoms with van der Waals surface area (Å²) in [5.41, 5.74) is 3.35. The number of benzene rings is 2. The van der Waals surface area contributed by atoms with Gasteiger partial charge in [0.1, 0.15) is 11.3 Å². The molecule has 0 unspecified atom stereocenters. The molecule has 0 amide bonds. The van der Waals surface area contributed by atoms with Crippen LogP contribution in [0.5, 0.6) is 0 Å². The van der Waals surface area contributed by atoms with Gasteiger partial charge in [0.15, 0.2) is 11.2 Å². The fraction of sp³-hybridized carbons (Fsp3) is 0.200. The van der Waals surface area contributed by atoms with Crippen LogP contribution in [0.4, 0.5) is 0 Å². The van der Waals surface area contributed by atoms with Crippen LogP contribution in [0.15, 0.2) is 57.7 Å². The number of hydrogen-bond acceptors (Lipinski definition) is 3. The number of rotatable bonds is 2. The van der Waals surface area contributed by atoms with Crippen LogP contribution in [0.25, 0.3) is 33.3 Å².